The minimum Gasteiger partial charge on any atom is -0.478 e. The topological polar surface area (TPSA) is 128 Å². The number of aromatic amines is 1. The van der Waals surface area contributed by atoms with Crippen molar-refractivity contribution >= 4 is 17.2 Å². The second-order valence-electron chi connectivity index (χ2n) is 3.88. The molecule has 0 bridgehead atoms. The maximum absolute atomic E-state index is 11.0. The van der Waals surface area contributed by atoms with Crippen molar-refractivity contribution in [2.45, 2.75) is 6.92 Å². The summed E-state index contributed by atoms with van der Waals surface area (Å²) in [7, 11) is 0. The molecule has 0 radical (unpaired) electrons. The Labute approximate surface area is 113 Å². The van der Waals surface area contributed by atoms with Crippen molar-refractivity contribution in [2.75, 3.05) is 5.32 Å². The molecule has 0 unspecified atom stereocenters. The van der Waals surface area contributed by atoms with Gasteiger partial charge in [-0.1, -0.05) is 6.07 Å². The van der Waals surface area contributed by atoms with Crippen molar-refractivity contribution < 1.29 is 9.90 Å². The summed E-state index contributed by atoms with van der Waals surface area (Å²) in [4.78, 5) is 11.0. The fourth-order valence-electron chi connectivity index (χ4n) is 1.52. The van der Waals surface area contributed by atoms with Crippen molar-refractivity contribution in [1.29, 1.82) is 5.26 Å². The Hall–Kier alpha value is -3.21. The van der Waals surface area contributed by atoms with Gasteiger partial charge in [-0.3, -0.25) is 0 Å². The van der Waals surface area contributed by atoms with Crippen LogP contribution in [0.2, 0.25) is 0 Å². The lowest BCUT2D eigenvalue weighted by Gasteiger charge is -2.05. The summed E-state index contributed by atoms with van der Waals surface area (Å²) < 4.78 is 0. The Bertz CT molecular complexity index is 699. The molecule has 0 aliphatic heterocycles. The molecule has 8 nitrogen and oxygen atoms in total. The van der Waals surface area contributed by atoms with Gasteiger partial charge in [0.1, 0.15) is 11.6 Å². The average Bonchev–Trinajstić information content (AvgIpc) is 2.95. The number of carboxylic acid groups (broad SMARTS) is 1. The number of aryl methyl sites for hydroxylation is 1. The van der Waals surface area contributed by atoms with E-state index in [0.29, 0.717) is 11.3 Å². The number of allylic oxidation sites excluding steroid dienone is 1. The first-order valence-corrected chi connectivity index (χ1v) is 5.56. The van der Waals surface area contributed by atoms with E-state index in [9.17, 15) is 4.79 Å². The lowest BCUT2D eigenvalue weighted by Crippen LogP contribution is -2.01. The molecule has 1 aromatic carbocycles. The quantitative estimate of drug-likeness (QED) is 0.711. The third kappa shape index (κ3) is 2.78. The van der Waals surface area contributed by atoms with Gasteiger partial charge in [0.2, 0.25) is 5.82 Å². The molecule has 1 aromatic heterocycles. The summed E-state index contributed by atoms with van der Waals surface area (Å²) in [6, 6.07) is 6.80. The number of carbonyl (C=O) groups is 1. The van der Waals surface area contributed by atoms with Gasteiger partial charge in [0.15, 0.2) is 0 Å². The number of nitrogens with one attached hydrogen (secondary N) is 2. The molecule has 2 rings (SSSR count). The molecular formula is C12H10N6O2. The van der Waals surface area contributed by atoms with Crippen molar-refractivity contribution in [3.05, 3.63) is 41.4 Å². The summed E-state index contributed by atoms with van der Waals surface area (Å²) in [5, 5.41) is 33.8. The maximum atomic E-state index is 11.0. The highest BCUT2D eigenvalue weighted by Crippen LogP contribution is 2.16. The van der Waals surface area contributed by atoms with Crippen LogP contribution < -0.4 is 5.32 Å². The highest BCUT2D eigenvalue weighted by Gasteiger charge is 2.08. The number of benzene rings is 1. The molecule has 20 heavy (non-hydrogen) atoms. The Balaban J connectivity index is 2.25. The number of anilines is 1. The molecule has 0 amide bonds. The van der Waals surface area contributed by atoms with Gasteiger partial charge < -0.3 is 10.4 Å². The number of aromatic nitrogens is 4. The van der Waals surface area contributed by atoms with Crippen LogP contribution in [0.4, 0.5) is 5.69 Å². The van der Waals surface area contributed by atoms with Crippen molar-refractivity contribution in [3.8, 4) is 6.07 Å². The number of hydrogen-bond donors (Lipinski definition) is 3. The van der Waals surface area contributed by atoms with Crippen LogP contribution in [-0.4, -0.2) is 31.7 Å². The molecule has 0 atom stereocenters. The standard InChI is InChI=1S/C12H10N6O2/c1-7-2-3-9(4-10(7)12(19)20)14-6-8(5-13)11-15-17-18-16-11/h2-4,6,14H,1H3,(H,19,20)(H,15,16,17,18). The summed E-state index contributed by atoms with van der Waals surface area (Å²) in [6.45, 7) is 1.71. The van der Waals surface area contributed by atoms with Crippen LogP contribution in [0.25, 0.3) is 5.57 Å². The largest absolute Gasteiger partial charge is 0.478 e. The SMILES string of the molecule is Cc1ccc(NC=C(C#N)c2nn[nH]n2)cc1C(=O)O. The number of nitriles is 1. The third-order valence-electron chi connectivity index (χ3n) is 2.56. The summed E-state index contributed by atoms with van der Waals surface area (Å²) in [5.41, 5.74) is 1.58. The number of tetrazole rings is 1. The Morgan fingerprint density at radius 2 is 2.35 bits per heavy atom. The average molecular weight is 270 g/mol. The van der Waals surface area contributed by atoms with Gasteiger partial charge in [-0.2, -0.15) is 10.5 Å². The van der Waals surface area contributed by atoms with Crippen LogP contribution in [0.1, 0.15) is 21.7 Å². The van der Waals surface area contributed by atoms with Crippen molar-refractivity contribution in [2.24, 2.45) is 0 Å². The van der Waals surface area contributed by atoms with Gasteiger partial charge in [-0.25, -0.2) is 4.79 Å². The van der Waals surface area contributed by atoms with Gasteiger partial charge in [0.05, 0.1) is 5.56 Å². The van der Waals surface area contributed by atoms with E-state index in [4.69, 9.17) is 10.4 Å². The lowest BCUT2D eigenvalue weighted by atomic mass is 10.1. The van der Waals surface area contributed by atoms with Crippen molar-refractivity contribution in [1.82, 2.24) is 20.6 Å². The van der Waals surface area contributed by atoms with Gasteiger partial charge >= 0.3 is 5.97 Å². The normalized spacial score (nSPS) is 10.9. The zero-order chi connectivity index (χ0) is 14.5. The fraction of sp³-hybridized carbons (Fsp3) is 0.0833. The lowest BCUT2D eigenvalue weighted by molar-refractivity contribution is 0.0696. The predicted octanol–water partition coefficient (Wildman–Crippen LogP) is 1.18. The second-order valence-corrected chi connectivity index (χ2v) is 3.88. The summed E-state index contributed by atoms with van der Waals surface area (Å²) in [6.07, 6.45) is 1.39. The molecule has 0 spiro atoms. The molecule has 0 saturated heterocycles. The monoisotopic (exact) mass is 270 g/mol. The van der Waals surface area contributed by atoms with E-state index in [1.54, 1.807) is 19.1 Å². The van der Waals surface area contributed by atoms with Gasteiger partial charge in [0, 0.05) is 11.9 Å². The molecule has 3 N–H and O–H groups in total. The minimum absolute atomic E-state index is 0.158. The Kier molecular flexibility index (Phi) is 3.72. The number of H-pyrrole nitrogens is 1. The van der Waals surface area contributed by atoms with E-state index in [1.165, 1.54) is 12.3 Å². The van der Waals surface area contributed by atoms with Crippen LogP contribution in [0.5, 0.6) is 0 Å². The molecule has 1 heterocycles. The van der Waals surface area contributed by atoms with E-state index in [1.807, 2.05) is 6.07 Å². The fourth-order valence-corrected chi connectivity index (χ4v) is 1.52. The Morgan fingerprint density at radius 1 is 1.55 bits per heavy atom. The Morgan fingerprint density at radius 3 is 2.95 bits per heavy atom. The van der Waals surface area contributed by atoms with Crippen LogP contribution in [0.3, 0.4) is 0 Å². The van der Waals surface area contributed by atoms with E-state index < -0.39 is 5.97 Å². The molecule has 8 heteroatoms. The van der Waals surface area contributed by atoms with Crippen LogP contribution in [0.15, 0.2) is 24.4 Å². The summed E-state index contributed by atoms with van der Waals surface area (Å²) >= 11 is 0. The molecule has 0 aliphatic carbocycles. The molecule has 2 aromatic rings. The van der Waals surface area contributed by atoms with E-state index >= 15 is 0 Å². The van der Waals surface area contributed by atoms with Crippen LogP contribution >= 0.6 is 0 Å². The molecule has 100 valence electrons. The number of aromatic carboxylic acids is 1. The first kappa shape index (κ1) is 13.2. The molecule has 0 saturated carbocycles. The third-order valence-corrected chi connectivity index (χ3v) is 2.56. The van der Waals surface area contributed by atoms with Crippen LogP contribution in [0, 0.1) is 18.3 Å². The van der Waals surface area contributed by atoms with E-state index in [2.05, 4.69) is 25.9 Å². The minimum atomic E-state index is -1.01. The highest BCUT2D eigenvalue weighted by atomic mass is 16.4. The predicted molar refractivity (Wildman–Crippen MR) is 69.5 cm³/mol. The molecule has 0 aliphatic rings. The molecular weight excluding hydrogens is 260 g/mol. The second kappa shape index (κ2) is 5.62. The van der Waals surface area contributed by atoms with Gasteiger partial charge in [-0.05, 0) is 29.8 Å². The number of nitrogens with zero attached hydrogens (tertiary/aromatic N) is 4. The van der Waals surface area contributed by atoms with E-state index in [-0.39, 0.29) is 17.0 Å². The maximum Gasteiger partial charge on any atom is 0.336 e. The number of hydrogen-bond acceptors (Lipinski definition) is 6. The first-order chi connectivity index (χ1) is 9.61. The smallest absolute Gasteiger partial charge is 0.336 e. The van der Waals surface area contributed by atoms with E-state index in [0.717, 1.165) is 0 Å². The van der Waals surface area contributed by atoms with Gasteiger partial charge in [0.25, 0.3) is 0 Å². The van der Waals surface area contributed by atoms with Crippen molar-refractivity contribution in [3.63, 3.8) is 0 Å². The molecule has 0 fully saturated rings. The summed E-state index contributed by atoms with van der Waals surface area (Å²) in [5.74, 6) is -0.848. The van der Waals surface area contributed by atoms with Crippen LogP contribution in [-0.2, 0) is 0 Å². The van der Waals surface area contributed by atoms with Gasteiger partial charge in [-0.15, -0.1) is 10.2 Å². The zero-order valence-corrected chi connectivity index (χ0v) is 10.5. The highest BCUT2D eigenvalue weighted by molar-refractivity contribution is 5.90. The zero-order valence-electron chi connectivity index (χ0n) is 10.5. The first-order valence-electron chi connectivity index (χ1n) is 5.56. The number of carboxylic acids is 1. The number of rotatable bonds is 4.